The van der Waals surface area contributed by atoms with Gasteiger partial charge >= 0.3 is 0 Å². The lowest BCUT2D eigenvalue weighted by atomic mass is 10.2. The lowest BCUT2D eigenvalue weighted by Gasteiger charge is -2.07. The van der Waals surface area contributed by atoms with Gasteiger partial charge in [-0.05, 0) is 43.2 Å². The molecule has 24 heavy (non-hydrogen) atoms. The Morgan fingerprint density at radius 2 is 1.92 bits per heavy atom. The predicted molar refractivity (Wildman–Crippen MR) is 96.1 cm³/mol. The van der Waals surface area contributed by atoms with Crippen molar-refractivity contribution in [3.63, 3.8) is 0 Å². The SMILES string of the molecule is Cc1cc(-n2nnc(C(=O)NCc3ccccc3)c2C)ccc1Br. The lowest BCUT2D eigenvalue weighted by molar-refractivity contribution is 0.0945. The number of aromatic nitrogens is 3. The first kappa shape index (κ1) is 16.4. The van der Waals surface area contributed by atoms with Crippen LogP contribution in [0.4, 0.5) is 0 Å². The Labute approximate surface area is 148 Å². The Kier molecular flexibility index (Phi) is 4.76. The molecule has 5 nitrogen and oxygen atoms in total. The highest BCUT2D eigenvalue weighted by Crippen LogP contribution is 2.20. The molecule has 0 spiro atoms. The van der Waals surface area contributed by atoms with Crippen LogP contribution in [0.1, 0.15) is 27.3 Å². The highest BCUT2D eigenvalue weighted by molar-refractivity contribution is 9.10. The fraction of sp³-hybridized carbons (Fsp3) is 0.167. The van der Waals surface area contributed by atoms with Gasteiger partial charge in [0.15, 0.2) is 5.69 Å². The average molecular weight is 385 g/mol. The number of nitrogens with one attached hydrogen (secondary N) is 1. The zero-order chi connectivity index (χ0) is 17.1. The molecule has 1 heterocycles. The van der Waals surface area contributed by atoms with Crippen LogP contribution in [0, 0.1) is 13.8 Å². The minimum absolute atomic E-state index is 0.226. The molecule has 0 aliphatic heterocycles. The maximum Gasteiger partial charge on any atom is 0.274 e. The van der Waals surface area contributed by atoms with Crippen molar-refractivity contribution < 1.29 is 4.79 Å². The molecule has 0 bridgehead atoms. The average Bonchev–Trinajstić information content (AvgIpc) is 2.98. The molecule has 0 atom stereocenters. The number of aryl methyl sites for hydroxylation is 1. The van der Waals surface area contributed by atoms with Crippen LogP contribution in [0.3, 0.4) is 0 Å². The van der Waals surface area contributed by atoms with Gasteiger partial charge < -0.3 is 5.32 Å². The number of benzene rings is 2. The van der Waals surface area contributed by atoms with E-state index in [4.69, 9.17) is 0 Å². The van der Waals surface area contributed by atoms with Gasteiger partial charge in [-0.15, -0.1) is 5.10 Å². The number of halogens is 1. The van der Waals surface area contributed by atoms with Gasteiger partial charge in [0.1, 0.15) is 0 Å². The topological polar surface area (TPSA) is 59.8 Å². The Morgan fingerprint density at radius 1 is 1.17 bits per heavy atom. The summed E-state index contributed by atoms with van der Waals surface area (Å²) >= 11 is 3.48. The maximum atomic E-state index is 12.4. The number of amides is 1. The van der Waals surface area contributed by atoms with Crippen LogP contribution in [-0.2, 0) is 6.54 Å². The molecule has 3 rings (SSSR count). The number of hydrogen-bond acceptors (Lipinski definition) is 3. The van der Waals surface area contributed by atoms with Gasteiger partial charge in [-0.3, -0.25) is 4.79 Å². The van der Waals surface area contributed by atoms with E-state index < -0.39 is 0 Å². The zero-order valence-corrected chi connectivity index (χ0v) is 15.0. The summed E-state index contributed by atoms with van der Waals surface area (Å²) < 4.78 is 2.71. The molecule has 0 saturated heterocycles. The maximum absolute atomic E-state index is 12.4. The van der Waals surface area contributed by atoms with Crippen LogP contribution in [0.25, 0.3) is 5.69 Å². The van der Waals surface area contributed by atoms with E-state index in [-0.39, 0.29) is 5.91 Å². The lowest BCUT2D eigenvalue weighted by Crippen LogP contribution is -2.24. The fourth-order valence-corrected chi connectivity index (χ4v) is 2.65. The number of rotatable bonds is 4. The monoisotopic (exact) mass is 384 g/mol. The van der Waals surface area contributed by atoms with E-state index in [2.05, 4.69) is 31.6 Å². The predicted octanol–water partition coefficient (Wildman–Crippen LogP) is 3.58. The molecule has 1 N–H and O–H groups in total. The van der Waals surface area contributed by atoms with Crippen molar-refractivity contribution in [1.29, 1.82) is 0 Å². The van der Waals surface area contributed by atoms with Gasteiger partial charge in [0.2, 0.25) is 0 Å². The molecule has 0 unspecified atom stereocenters. The molecule has 0 fully saturated rings. The third-order valence-corrected chi connectivity index (χ3v) is 4.68. The van der Waals surface area contributed by atoms with Crippen molar-refractivity contribution in [2.45, 2.75) is 20.4 Å². The minimum Gasteiger partial charge on any atom is -0.347 e. The van der Waals surface area contributed by atoms with E-state index in [1.54, 1.807) is 4.68 Å². The fourth-order valence-electron chi connectivity index (χ4n) is 2.41. The van der Waals surface area contributed by atoms with Crippen LogP contribution in [0.5, 0.6) is 0 Å². The van der Waals surface area contributed by atoms with E-state index in [0.717, 1.165) is 21.3 Å². The smallest absolute Gasteiger partial charge is 0.274 e. The van der Waals surface area contributed by atoms with E-state index in [1.165, 1.54) is 0 Å². The van der Waals surface area contributed by atoms with Crippen LogP contribution < -0.4 is 5.32 Å². The summed E-state index contributed by atoms with van der Waals surface area (Å²) in [4.78, 5) is 12.4. The summed E-state index contributed by atoms with van der Waals surface area (Å²) in [7, 11) is 0. The molecule has 1 amide bonds. The molecular formula is C18H17BrN4O. The number of nitrogens with zero attached hydrogens (tertiary/aromatic N) is 3. The third kappa shape index (κ3) is 3.38. The molecule has 2 aromatic carbocycles. The highest BCUT2D eigenvalue weighted by atomic mass is 79.9. The summed E-state index contributed by atoms with van der Waals surface area (Å²) in [6.45, 7) is 4.31. The Hall–Kier alpha value is -2.47. The minimum atomic E-state index is -0.226. The molecule has 6 heteroatoms. The third-order valence-electron chi connectivity index (χ3n) is 3.79. The normalized spacial score (nSPS) is 10.6. The van der Waals surface area contributed by atoms with E-state index in [0.29, 0.717) is 17.9 Å². The van der Waals surface area contributed by atoms with Crippen LogP contribution >= 0.6 is 15.9 Å². The van der Waals surface area contributed by atoms with Crippen molar-refractivity contribution in [3.05, 3.63) is 75.5 Å². The zero-order valence-electron chi connectivity index (χ0n) is 13.5. The second-order valence-corrected chi connectivity index (χ2v) is 6.39. The molecule has 122 valence electrons. The van der Waals surface area contributed by atoms with E-state index in [1.807, 2.05) is 62.4 Å². The summed E-state index contributed by atoms with van der Waals surface area (Å²) in [5.74, 6) is -0.226. The second kappa shape index (κ2) is 6.97. The molecule has 3 aromatic rings. The summed E-state index contributed by atoms with van der Waals surface area (Å²) in [5.41, 5.74) is 4.06. The summed E-state index contributed by atoms with van der Waals surface area (Å²) in [5, 5.41) is 11.0. The van der Waals surface area contributed by atoms with Crippen molar-refractivity contribution in [2.24, 2.45) is 0 Å². The highest BCUT2D eigenvalue weighted by Gasteiger charge is 2.17. The largest absolute Gasteiger partial charge is 0.347 e. The van der Waals surface area contributed by atoms with Gasteiger partial charge in [0.05, 0.1) is 11.4 Å². The second-order valence-electron chi connectivity index (χ2n) is 5.54. The number of carbonyl (C=O) groups excluding carboxylic acids is 1. The molecule has 0 aliphatic carbocycles. The standard InChI is InChI=1S/C18H17BrN4O/c1-12-10-15(8-9-16(12)19)23-13(2)17(21-22-23)18(24)20-11-14-6-4-3-5-7-14/h3-10H,11H2,1-2H3,(H,20,24). The molecular weight excluding hydrogens is 368 g/mol. The van der Waals surface area contributed by atoms with E-state index in [9.17, 15) is 4.79 Å². The Bertz CT molecular complexity index is 874. The Balaban J connectivity index is 1.79. The van der Waals surface area contributed by atoms with Gasteiger partial charge in [-0.1, -0.05) is 51.5 Å². The number of hydrogen-bond donors (Lipinski definition) is 1. The van der Waals surface area contributed by atoms with Gasteiger partial charge in [0.25, 0.3) is 5.91 Å². The summed E-state index contributed by atoms with van der Waals surface area (Å²) in [6.07, 6.45) is 0. The molecule has 0 saturated carbocycles. The van der Waals surface area contributed by atoms with Crippen LogP contribution in [-0.4, -0.2) is 20.9 Å². The van der Waals surface area contributed by atoms with Gasteiger partial charge in [-0.2, -0.15) is 0 Å². The number of carbonyl (C=O) groups is 1. The van der Waals surface area contributed by atoms with Crippen molar-refractivity contribution in [2.75, 3.05) is 0 Å². The molecule has 0 aliphatic rings. The summed E-state index contributed by atoms with van der Waals surface area (Å²) in [6, 6.07) is 15.7. The molecule has 0 radical (unpaired) electrons. The van der Waals surface area contributed by atoms with Crippen molar-refractivity contribution in [1.82, 2.24) is 20.3 Å². The first-order chi connectivity index (χ1) is 11.6. The first-order valence-electron chi connectivity index (χ1n) is 7.57. The van der Waals surface area contributed by atoms with Gasteiger partial charge in [0, 0.05) is 11.0 Å². The van der Waals surface area contributed by atoms with Crippen LogP contribution in [0.15, 0.2) is 53.0 Å². The quantitative estimate of drug-likeness (QED) is 0.747. The van der Waals surface area contributed by atoms with Crippen LogP contribution in [0.2, 0.25) is 0 Å². The van der Waals surface area contributed by atoms with Gasteiger partial charge in [-0.25, -0.2) is 4.68 Å². The van der Waals surface area contributed by atoms with Crippen molar-refractivity contribution >= 4 is 21.8 Å². The first-order valence-corrected chi connectivity index (χ1v) is 8.36. The van der Waals surface area contributed by atoms with E-state index >= 15 is 0 Å². The van der Waals surface area contributed by atoms with Crippen molar-refractivity contribution in [3.8, 4) is 5.69 Å². The Morgan fingerprint density at radius 3 is 2.62 bits per heavy atom. The molecule has 1 aromatic heterocycles.